The monoisotopic (exact) mass is 564 g/mol. The van der Waals surface area contributed by atoms with Gasteiger partial charge in [-0.25, -0.2) is 8.42 Å². The van der Waals surface area contributed by atoms with Crippen molar-refractivity contribution in [2.24, 2.45) is 0 Å². The molecule has 7 nitrogen and oxygen atoms in total. The van der Waals surface area contributed by atoms with Gasteiger partial charge >= 0.3 is 0 Å². The van der Waals surface area contributed by atoms with E-state index < -0.39 is 15.9 Å². The van der Waals surface area contributed by atoms with E-state index in [-0.39, 0.29) is 22.7 Å². The maximum atomic E-state index is 14.0. The highest BCUT2D eigenvalue weighted by atomic mass is 32.2. The Kier molecular flexibility index (Phi) is 8.31. The van der Waals surface area contributed by atoms with Crippen molar-refractivity contribution >= 4 is 27.3 Å². The lowest BCUT2D eigenvalue weighted by Gasteiger charge is -2.26. The maximum Gasteiger partial charge on any atom is 0.264 e. The zero-order valence-corrected chi connectivity index (χ0v) is 23.1. The molecule has 0 saturated carbocycles. The smallest absolute Gasteiger partial charge is 0.264 e. The van der Waals surface area contributed by atoms with E-state index in [4.69, 9.17) is 9.47 Å². The van der Waals surface area contributed by atoms with Gasteiger partial charge in [-0.2, -0.15) is 0 Å². The number of rotatable bonds is 10. The fraction of sp³-hybridized carbons (Fsp3) is 0.0606. The van der Waals surface area contributed by atoms with Gasteiger partial charge in [0.1, 0.15) is 17.2 Å². The Hall–Kier alpha value is -5.08. The molecule has 0 saturated heterocycles. The molecular weight excluding hydrogens is 536 g/mol. The van der Waals surface area contributed by atoms with Crippen LogP contribution in [0, 0.1) is 0 Å². The van der Waals surface area contributed by atoms with Crippen molar-refractivity contribution < 1.29 is 22.7 Å². The first-order chi connectivity index (χ1) is 19.9. The van der Waals surface area contributed by atoms with Crippen LogP contribution in [0.5, 0.6) is 17.2 Å². The Morgan fingerprint density at radius 3 is 1.90 bits per heavy atom. The number of nitrogens with zero attached hydrogens (tertiary/aromatic N) is 1. The molecule has 5 aromatic carbocycles. The van der Waals surface area contributed by atoms with Crippen LogP contribution in [0.2, 0.25) is 0 Å². The zero-order valence-electron chi connectivity index (χ0n) is 22.3. The summed E-state index contributed by atoms with van der Waals surface area (Å²) < 4.78 is 40.3. The minimum absolute atomic E-state index is 0.0328. The Morgan fingerprint density at radius 2 is 1.24 bits per heavy atom. The fourth-order valence-corrected chi connectivity index (χ4v) is 5.71. The van der Waals surface area contributed by atoms with E-state index in [1.807, 2.05) is 60.7 Å². The minimum Gasteiger partial charge on any atom is -0.497 e. The lowest BCUT2D eigenvalue weighted by atomic mass is 10.1. The lowest BCUT2D eigenvalue weighted by molar-refractivity contribution is 0.102. The van der Waals surface area contributed by atoms with Crippen molar-refractivity contribution in [3.63, 3.8) is 0 Å². The average Bonchev–Trinajstić information content (AvgIpc) is 3.02. The van der Waals surface area contributed by atoms with Crippen LogP contribution < -0.4 is 19.1 Å². The number of ether oxygens (including phenoxy) is 2. The van der Waals surface area contributed by atoms with Gasteiger partial charge in [0, 0.05) is 5.69 Å². The van der Waals surface area contributed by atoms with E-state index in [0.29, 0.717) is 22.9 Å². The second-order valence-electron chi connectivity index (χ2n) is 9.08. The molecular formula is C33H28N2O5S. The molecule has 206 valence electrons. The number of benzene rings is 5. The van der Waals surface area contributed by atoms with Gasteiger partial charge in [-0.15, -0.1) is 0 Å². The third kappa shape index (κ3) is 6.57. The molecule has 0 aromatic heterocycles. The van der Waals surface area contributed by atoms with Gasteiger partial charge in [0.05, 0.1) is 29.8 Å². The second-order valence-corrected chi connectivity index (χ2v) is 10.9. The fourth-order valence-electron chi connectivity index (χ4n) is 4.24. The summed E-state index contributed by atoms with van der Waals surface area (Å²) in [7, 11) is -2.54. The number of sulfonamides is 1. The normalized spacial score (nSPS) is 11.0. The predicted molar refractivity (Wildman–Crippen MR) is 160 cm³/mol. The number of hydrogen-bond donors (Lipinski definition) is 1. The number of carbonyl (C=O) groups excluding carboxylic acids is 1. The highest BCUT2D eigenvalue weighted by molar-refractivity contribution is 7.92. The van der Waals surface area contributed by atoms with Gasteiger partial charge in [-0.1, -0.05) is 60.7 Å². The molecule has 5 aromatic rings. The molecule has 0 aliphatic rings. The van der Waals surface area contributed by atoms with Crippen molar-refractivity contribution in [3.8, 4) is 17.2 Å². The van der Waals surface area contributed by atoms with E-state index in [1.54, 1.807) is 60.7 Å². The van der Waals surface area contributed by atoms with E-state index in [9.17, 15) is 13.2 Å². The van der Waals surface area contributed by atoms with Crippen molar-refractivity contribution in [3.05, 3.63) is 145 Å². The van der Waals surface area contributed by atoms with Crippen LogP contribution in [-0.4, -0.2) is 21.4 Å². The predicted octanol–water partition coefficient (Wildman–Crippen LogP) is 7.14. The summed E-state index contributed by atoms with van der Waals surface area (Å²) in [5.41, 5.74) is 1.78. The molecule has 0 aliphatic carbocycles. The van der Waals surface area contributed by atoms with E-state index in [1.165, 1.54) is 23.5 Å². The van der Waals surface area contributed by atoms with Crippen LogP contribution in [0.15, 0.2) is 138 Å². The molecule has 0 aliphatic heterocycles. The van der Waals surface area contributed by atoms with E-state index in [2.05, 4.69) is 5.32 Å². The van der Waals surface area contributed by atoms with Crippen molar-refractivity contribution in [2.45, 2.75) is 11.4 Å². The molecule has 0 unspecified atom stereocenters. The quantitative estimate of drug-likeness (QED) is 0.195. The highest BCUT2D eigenvalue weighted by Crippen LogP contribution is 2.31. The second kappa shape index (κ2) is 12.4. The molecule has 0 fully saturated rings. The number of methoxy groups -OCH3 is 1. The number of para-hydroxylation sites is 2. The number of carbonyl (C=O) groups is 1. The molecule has 5 rings (SSSR count). The van der Waals surface area contributed by atoms with Crippen LogP contribution in [0.3, 0.4) is 0 Å². The number of amides is 1. The molecule has 0 radical (unpaired) electrons. The summed E-state index contributed by atoms with van der Waals surface area (Å²) in [5, 5.41) is 2.88. The van der Waals surface area contributed by atoms with Crippen molar-refractivity contribution in [2.75, 3.05) is 16.7 Å². The molecule has 0 bridgehead atoms. The summed E-state index contributed by atoms with van der Waals surface area (Å²) in [5.74, 6) is 1.42. The minimum atomic E-state index is -4.06. The first kappa shape index (κ1) is 27.5. The van der Waals surface area contributed by atoms with Crippen molar-refractivity contribution in [1.29, 1.82) is 0 Å². The van der Waals surface area contributed by atoms with Gasteiger partial charge < -0.3 is 14.8 Å². The van der Waals surface area contributed by atoms with Crippen LogP contribution in [0.4, 0.5) is 11.4 Å². The van der Waals surface area contributed by atoms with Gasteiger partial charge in [-0.05, 0) is 78.4 Å². The SMILES string of the molecule is COc1ccc(S(=O)(=O)N(Cc2ccccc2)c2ccccc2C(=O)Nc2ccc(Oc3ccccc3)cc2)cc1. The van der Waals surface area contributed by atoms with E-state index in [0.717, 1.165) is 5.56 Å². The Balaban J connectivity index is 1.45. The lowest BCUT2D eigenvalue weighted by Crippen LogP contribution is -2.32. The molecule has 41 heavy (non-hydrogen) atoms. The van der Waals surface area contributed by atoms with Gasteiger partial charge in [-0.3, -0.25) is 9.10 Å². The van der Waals surface area contributed by atoms with Crippen LogP contribution in [-0.2, 0) is 16.6 Å². The first-order valence-corrected chi connectivity index (χ1v) is 14.3. The van der Waals surface area contributed by atoms with Crippen LogP contribution in [0.1, 0.15) is 15.9 Å². The summed E-state index contributed by atoms with van der Waals surface area (Å²) in [4.78, 5) is 13.6. The first-order valence-electron chi connectivity index (χ1n) is 12.9. The number of anilines is 2. The van der Waals surface area contributed by atoms with Crippen molar-refractivity contribution in [1.82, 2.24) is 0 Å². The highest BCUT2D eigenvalue weighted by Gasteiger charge is 2.28. The largest absolute Gasteiger partial charge is 0.497 e. The number of hydrogen-bond acceptors (Lipinski definition) is 5. The summed E-state index contributed by atoms with van der Waals surface area (Å²) in [6, 6.07) is 38.4. The van der Waals surface area contributed by atoms with Gasteiger partial charge in [0.15, 0.2) is 0 Å². The molecule has 1 N–H and O–H groups in total. The third-order valence-electron chi connectivity index (χ3n) is 6.32. The Morgan fingerprint density at radius 1 is 0.683 bits per heavy atom. The molecule has 8 heteroatoms. The van der Waals surface area contributed by atoms with Gasteiger partial charge in [0.25, 0.3) is 15.9 Å². The molecule has 0 heterocycles. The standard InChI is InChI=1S/C33H28N2O5S/c1-39-27-20-22-30(23-21-27)41(37,38)35(24-25-10-4-2-5-11-25)32-15-9-8-14-31(32)33(36)34-26-16-18-29(19-17-26)40-28-12-6-3-7-13-28/h2-23H,24H2,1H3,(H,34,36). The third-order valence-corrected chi connectivity index (χ3v) is 8.10. The molecule has 0 spiro atoms. The Bertz CT molecular complexity index is 1710. The zero-order chi connectivity index (χ0) is 28.7. The average molecular weight is 565 g/mol. The number of nitrogens with one attached hydrogen (secondary N) is 1. The molecule has 0 atom stereocenters. The summed E-state index contributed by atoms with van der Waals surface area (Å²) >= 11 is 0. The van der Waals surface area contributed by atoms with E-state index >= 15 is 0 Å². The Labute approximate surface area is 239 Å². The maximum absolute atomic E-state index is 14.0. The summed E-state index contributed by atoms with van der Waals surface area (Å²) in [6.45, 7) is 0.0328. The summed E-state index contributed by atoms with van der Waals surface area (Å²) in [6.07, 6.45) is 0. The van der Waals surface area contributed by atoms with Gasteiger partial charge in [0.2, 0.25) is 0 Å². The van der Waals surface area contributed by atoms with Crippen LogP contribution in [0.25, 0.3) is 0 Å². The molecule has 1 amide bonds. The van der Waals surface area contributed by atoms with Crippen LogP contribution >= 0.6 is 0 Å². The topological polar surface area (TPSA) is 84.9 Å².